The molecule has 19 heteroatoms. The van der Waals surface area contributed by atoms with E-state index in [1.165, 1.54) is 0 Å². The van der Waals surface area contributed by atoms with Crippen molar-refractivity contribution in [1.29, 1.82) is 0 Å². The molecule has 0 radical (unpaired) electrons. The highest BCUT2D eigenvalue weighted by Gasteiger charge is 2.54. The Balaban J connectivity index is 1.87. The first-order valence-corrected chi connectivity index (χ1v) is 10.6. The molecule has 29 heavy (non-hydrogen) atoms. The molecule has 0 aliphatic carbocycles. The zero-order valence-corrected chi connectivity index (χ0v) is 15.9. The van der Waals surface area contributed by atoms with Crippen LogP contribution in [-0.4, -0.2) is 69.3 Å². The summed E-state index contributed by atoms with van der Waals surface area (Å²) in [6, 6.07) is 0. The van der Waals surface area contributed by atoms with E-state index in [4.69, 9.17) is 26.0 Å². The number of hydrogen-bond donors (Lipinski definition) is 8. The minimum Gasteiger partial charge on any atom is -0.387 e. The van der Waals surface area contributed by atoms with E-state index >= 15 is 0 Å². The van der Waals surface area contributed by atoms with Gasteiger partial charge in [0.25, 0.3) is 5.56 Å². The third-order valence-electron chi connectivity index (χ3n) is 3.88. The number of imidazole rings is 1. The Morgan fingerprint density at radius 3 is 2.62 bits per heavy atom. The fraction of sp³-hybridized carbons (Fsp3) is 0.500. The molecule has 2 aromatic heterocycles. The maximum atomic E-state index is 11.9. The number of aromatic amines is 1. The molecule has 1 unspecified atom stereocenters. The van der Waals surface area contributed by atoms with E-state index in [9.17, 15) is 29.0 Å². The number of nitrogen functional groups attached to an aromatic ring is 1. The van der Waals surface area contributed by atoms with Crippen molar-refractivity contribution in [2.24, 2.45) is 5.73 Å². The fourth-order valence-corrected chi connectivity index (χ4v) is 4.27. The third-order valence-corrected chi connectivity index (χ3v) is 6.03. The quantitative estimate of drug-likeness (QED) is 0.196. The zero-order chi connectivity index (χ0) is 21.8. The Kier molecular flexibility index (Phi) is 5.44. The van der Waals surface area contributed by atoms with Crippen molar-refractivity contribution in [2.75, 3.05) is 12.3 Å². The highest BCUT2D eigenvalue weighted by atomic mass is 31.3. The van der Waals surface area contributed by atoms with Gasteiger partial charge >= 0.3 is 15.6 Å². The van der Waals surface area contributed by atoms with Crippen molar-refractivity contribution >= 4 is 32.8 Å². The molecule has 1 fully saturated rings. The van der Waals surface area contributed by atoms with Crippen molar-refractivity contribution in [3.63, 3.8) is 0 Å². The molecule has 1 saturated heterocycles. The molecule has 5 atom stereocenters. The highest BCUT2D eigenvalue weighted by Crippen LogP contribution is 2.57. The summed E-state index contributed by atoms with van der Waals surface area (Å²) >= 11 is 0. The highest BCUT2D eigenvalue weighted by molar-refractivity contribution is 7.60. The summed E-state index contributed by atoms with van der Waals surface area (Å²) in [6.07, 6.45) is -4.25. The molecule has 0 saturated carbocycles. The number of fused-ring (bicyclic) bond motifs is 1. The Morgan fingerprint density at radius 1 is 1.34 bits per heavy atom. The van der Waals surface area contributed by atoms with Gasteiger partial charge in [-0.05, 0) is 0 Å². The number of nitrogens with zero attached hydrogens (tertiary/aromatic N) is 3. The van der Waals surface area contributed by atoms with E-state index in [0.29, 0.717) is 0 Å². The van der Waals surface area contributed by atoms with Gasteiger partial charge in [0.05, 0.1) is 6.61 Å². The summed E-state index contributed by atoms with van der Waals surface area (Å²) in [5.41, 5.74) is 10.4. The van der Waals surface area contributed by atoms with E-state index in [1.807, 2.05) is 0 Å². The van der Waals surface area contributed by atoms with Gasteiger partial charge in [-0.15, -0.1) is 0 Å². The molecule has 0 aromatic carbocycles. The van der Waals surface area contributed by atoms with Crippen LogP contribution in [0.3, 0.4) is 0 Å². The topological polar surface area (TPSA) is 279 Å². The lowest BCUT2D eigenvalue weighted by molar-refractivity contribution is -0.140. The first-order chi connectivity index (χ1) is 13.2. The largest absolute Gasteiger partial charge is 0.481 e. The molecule has 1 aliphatic rings. The average Bonchev–Trinajstić information content (AvgIpc) is 3.07. The van der Waals surface area contributed by atoms with E-state index in [0.717, 1.165) is 10.9 Å². The molecule has 10 N–H and O–H groups in total. The second-order valence-corrected chi connectivity index (χ2v) is 8.75. The number of nitrogens with two attached hydrogens (primary N) is 2. The lowest BCUT2D eigenvalue weighted by Crippen LogP contribution is -2.52. The molecule has 0 spiro atoms. The number of phosphoric acid groups is 2. The molecular formula is C10H16N6O11P2. The van der Waals surface area contributed by atoms with Gasteiger partial charge in [-0.2, -0.15) is 9.29 Å². The first kappa shape index (κ1) is 21.9. The average molecular weight is 458 g/mol. The normalized spacial score (nSPS) is 29.9. The number of phosphoric ester groups is 1. The first-order valence-electron chi connectivity index (χ1n) is 7.54. The SMILES string of the molecule is Nc1nc2c(ncn2[C@]2(N)O[C@H](COP(=O)(O)OP(=O)(O)O)[C@@H](O)[C@H]2O)c(=O)[nH]1. The molecule has 17 nitrogen and oxygen atoms in total. The van der Waals surface area contributed by atoms with Crippen molar-refractivity contribution in [2.45, 2.75) is 24.2 Å². The molecule has 162 valence electrons. The Labute approximate surface area is 159 Å². The van der Waals surface area contributed by atoms with E-state index < -0.39 is 52.0 Å². The van der Waals surface area contributed by atoms with Gasteiger partial charge in [-0.1, -0.05) is 0 Å². The van der Waals surface area contributed by atoms with Crippen LogP contribution in [-0.2, 0) is 28.6 Å². The molecule has 0 bridgehead atoms. The standard InChI is InChI=1S/C10H16N6O11P2/c11-9-14-7-4(8(19)15-9)13-2-16(7)10(12)6(18)5(17)3(26-10)1-25-29(23,24)27-28(20,21)22/h2-3,5-6,17-18H,1,12H2,(H,23,24)(H2,20,21,22)(H3,11,14,15,19)/t3-,5-,6-,10+/m1/s1. The Hall–Kier alpha value is -1.75. The van der Waals surface area contributed by atoms with E-state index in [2.05, 4.69) is 23.8 Å². The minimum atomic E-state index is -5.36. The van der Waals surface area contributed by atoms with Crippen LogP contribution in [0.2, 0.25) is 0 Å². The predicted molar refractivity (Wildman–Crippen MR) is 90.5 cm³/mol. The molecule has 2 aromatic rings. The molecule has 3 heterocycles. The summed E-state index contributed by atoms with van der Waals surface area (Å²) in [4.78, 5) is 48.1. The lowest BCUT2D eigenvalue weighted by Gasteiger charge is -2.28. The van der Waals surface area contributed by atoms with Gasteiger partial charge in [0.2, 0.25) is 11.8 Å². The van der Waals surface area contributed by atoms with Crippen LogP contribution >= 0.6 is 15.6 Å². The van der Waals surface area contributed by atoms with Crippen molar-refractivity contribution in [3.05, 3.63) is 16.7 Å². The van der Waals surface area contributed by atoms with Crippen LogP contribution in [0.1, 0.15) is 0 Å². The van der Waals surface area contributed by atoms with Crippen LogP contribution in [0.4, 0.5) is 5.95 Å². The third kappa shape index (κ3) is 4.25. The minimum absolute atomic E-state index is 0.195. The van der Waals surface area contributed by atoms with Gasteiger partial charge in [-0.3, -0.25) is 24.6 Å². The predicted octanol–water partition coefficient (Wildman–Crippen LogP) is -3.38. The van der Waals surface area contributed by atoms with Crippen molar-refractivity contribution in [1.82, 2.24) is 19.5 Å². The van der Waals surface area contributed by atoms with Gasteiger partial charge in [-0.25, -0.2) is 14.1 Å². The zero-order valence-electron chi connectivity index (χ0n) is 14.1. The Bertz CT molecular complexity index is 1080. The fourth-order valence-electron chi connectivity index (χ4n) is 2.67. The Morgan fingerprint density at radius 2 is 2.00 bits per heavy atom. The second-order valence-electron chi connectivity index (χ2n) is 5.92. The van der Waals surface area contributed by atoms with Crippen LogP contribution < -0.4 is 17.0 Å². The van der Waals surface area contributed by atoms with E-state index in [1.54, 1.807) is 0 Å². The summed E-state index contributed by atoms with van der Waals surface area (Å²) in [5.74, 6) is -2.56. The van der Waals surface area contributed by atoms with Crippen LogP contribution in [0.25, 0.3) is 11.2 Å². The maximum Gasteiger partial charge on any atom is 0.481 e. The van der Waals surface area contributed by atoms with Crippen molar-refractivity contribution < 1.29 is 47.6 Å². The molecule has 1 aliphatic heterocycles. The lowest BCUT2D eigenvalue weighted by atomic mass is 10.1. The van der Waals surface area contributed by atoms with Crippen molar-refractivity contribution in [3.8, 4) is 0 Å². The number of hydrogen-bond acceptors (Lipinski definition) is 12. The van der Waals surface area contributed by atoms with Gasteiger partial charge < -0.3 is 35.4 Å². The maximum absolute atomic E-state index is 11.9. The molecule has 0 amide bonds. The molecular weight excluding hydrogens is 442 g/mol. The number of nitrogens with one attached hydrogen (secondary N) is 1. The van der Waals surface area contributed by atoms with E-state index in [-0.39, 0.29) is 17.1 Å². The van der Waals surface area contributed by atoms with Crippen LogP contribution in [0, 0.1) is 0 Å². The molecule has 3 rings (SSSR count). The number of rotatable bonds is 6. The summed E-state index contributed by atoms with van der Waals surface area (Å²) < 4.78 is 36.4. The summed E-state index contributed by atoms with van der Waals surface area (Å²) in [7, 11) is -10.6. The van der Waals surface area contributed by atoms with Crippen LogP contribution in [0.15, 0.2) is 11.1 Å². The van der Waals surface area contributed by atoms with Crippen LogP contribution in [0.5, 0.6) is 0 Å². The number of aliphatic hydroxyl groups is 2. The van der Waals surface area contributed by atoms with Gasteiger partial charge in [0, 0.05) is 0 Å². The number of ether oxygens (including phenoxy) is 1. The number of aromatic nitrogens is 4. The van der Waals surface area contributed by atoms with Gasteiger partial charge in [0.15, 0.2) is 11.2 Å². The summed E-state index contributed by atoms with van der Waals surface area (Å²) in [6.45, 7) is -0.965. The van der Waals surface area contributed by atoms with Gasteiger partial charge in [0.1, 0.15) is 24.6 Å². The monoisotopic (exact) mass is 458 g/mol. The number of anilines is 1. The summed E-state index contributed by atoms with van der Waals surface area (Å²) in [5, 5.41) is 20.5. The number of aliphatic hydroxyl groups excluding tert-OH is 2. The number of H-pyrrole nitrogens is 1. The second kappa shape index (κ2) is 7.19. The smallest absolute Gasteiger partial charge is 0.387 e.